The molecule has 5 aromatic rings. The standard InChI is InChI=1S/C33H26N4O4/c1-2-36-27-14-13-26(24-9-6-10-25(31(24)27)33(36)39)34-30(38)16-12-22-20-37(23-7-4-3-5-8-23)35-32(22)21-11-15-28-29(19-21)41-18-17-40-28/h3-16,19-20H,2,17-18H2,1H3,(H,34,38)/b16-12+. The summed E-state index contributed by atoms with van der Waals surface area (Å²) in [6, 6.07) is 24.9. The molecule has 4 aromatic carbocycles. The highest BCUT2D eigenvalue weighted by Crippen LogP contribution is 2.40. The number of carbonyl (C=O) groups excluding carboxylic acids is 2. The Balaban J connectivity index is 1.22. The summed E-state index contributed by atoms with van der Waals surface area (Å²) in [4.78, 5) is 27.8. The molecule has 0 saturated heterocycles. The van der Waals surface area contributed by atoms with E-state index in [0.717, 1.165) is 33.3 Å². The van der Waals surface area contributed by atoms with Gasteiger partial charge >= 0.3 is 0 Å². The Labute approximate surface area is 236 Å². The number of nitrogens with zero attached hydrogens (tertiary/aromatic N) is 3. The van der Waals surface area contributed by atoms with Gasteiger partial charge in [-0.25, -0.2) is 4.68 Å². The maximum absolute atomic E-state index is 13.2. The van der Waals surface area contributed by atoms with Crippen LogP contribution in [0.15, 0.2) is 91.1 Å². The van der Waals surface area contributed by atoms with Gasteiger partial charge in [-0.3, -0.25) is 9.59 Å². The normalized spacial score (nSPS) is 13.8. The summed E-state index contributed by atoms with van der Waals surface area (Å²) in [6.45, 7) is 3.54. The molecule has 2 aliphatic heterocycles. The van der Waals surface area contributed by atoms with Crippen molar-refractivity contribution in [3.63, 3.8) is 0 Å². The van der Waals surface area contributed by atoms with Crippen LogP contribution in [0.3, 0.4) is 0 Å². The lowest BCUT2D eigenvalue weighted by atomic mass is 10.0. The Hall–Kier alpha value is -5.37. The first-order valence-corrected chi connectivity index (χ1v) is 13.5. The predicted molar refractivity (Wildman–Crippen MR) is 159 cm³/mol. The third kappa shape index (κ3) is 4.30. The van der Waals surface area contributed by atoms with Crippen molar-refractivity contribution in [3.8, 4) is 28.4 Å². The van der Waals surface area contributed by atoms with E-state index in [1.807, 2.05) is 92.0 Å². The largest absolute Gasteiger partial charge is 0.486 e. The van der Waals surface area contributed by atoms with Crippen molar-refractivity contribution in [1.29, 1.82) is 0 Å². The zero-order chi connectivity index (χ0) is 27.9. The van der Waals surface area contributed by atoms with Gasteiger partial charge in [-0.15, -0.1) is 0 Å². The Bertz CT molecular complexity index is 1860. The maximum Gasteiger partial charge on any atom is 0.258 e. The van der Waals surface area contributed by atoms with Crippen LogP contribution in [0.4, 0.5) is 11.4 Å². The molecule has 0 unspecified atom stereocenters. The zero-order valence-electron chi connectivity index (χ0n) is 22.3. The molecule has 3 heterocycles. The molecular weight excluding hydrogens is 516 g/mol. The van der Waals surface area contributed by atoms with Crippen LogP contribution in [0.2, 0.25) is 0 Å². The molecule has 0 fully saturated rings. The Morgan fingerprint density at radius 1 is 0.976 bits per heavy atom. The van der Waals surface area contributed by atoms with Crippen molar-refractivity contribution in [1.82, 2.24) is 9.78 Å². The van der Waals surface area contributed by atoms with Gasteiger partial charge in [-0.1, -0.05) is 30.3 Å². The van der Waals surface area contributed by atoms with Gasteiger partial charge in [0.1, 0.15) is 18.9 Å². The van der Waals surface area contributed by atoms with E-state index in [4.69, 9.17) is 14.6 Å². The summed E-state index contributed by atoms with van der Waals surface area (Å²) in [6.07, 6.45) is 5.16. The van der Waals surface area contributed by atoms with Gasteiger partial charge in [0.25, 0.3) is 5.91 Å². The van der Waals surface area contributed by atoms with E-state index in [-0.39, 0.29) is 11.8 Å². The maximum atomic E-state index is 13.2. The molecule has 7 rings (SSSR count). The van der Waals surface area contributed by atoms with Gasteiger partial charge in [-0.05, 0) is 61.5 Å². The molecule has 0 radical (unpaired) electrons. The number of amides is 2. The third-order valence-corrected chi connectivity index (χ3v) is 7.35. The van der Waals surface area contributed by atoms with Crippen LogP contribution in [-0.2, 0) is 4.79 Å². The first-order chi connectivity index (χ1) is 20.1. The van der Waals surface area contributed by atoms with Crippen molar-refractivity contribution in [2.75, 3.05) is 30.0 Å². The van der Waals surface area contributed by atoms with Crippen LogP contribution in [0, 0.1) is 0 Å². The summed E-state index contributed by atoms with van der Waals surface area (Å²) in [5, 5.41) is 9.56. The molecule has 2 amide bonds. The van der Waals surface area contributed by atoms with Crippen LogP contribution < -0.4 is 19.7 Å². The molecule has 0 spiro atoms. The highest BCUT2D eigenvalue weighted by molar-refractivity contribution is 6.27. The van der Waals surface area contributed by atoms with Crippen LogP contribution in [0.25, 0.3) is 33.8 Å². The molecule has 8 heteroatoms. The number of para-hydroxylation sites is 1. The first kappa shape index (κ1) is 24.7. The lowest BCUT2D eigenvalue weighted by Crippen LogP contribution is -2.25. The second-order valence-electron chi connectivity index (χ2n) is 9.80. The number of nitrogens with one attached hydrogen (secondary N) is 1. The van der Waals surface area contributed by atoms with Crippen molar-refractivity contribution < 1.29 is 19.1 Å². The molecule has 0 saturated carbocycles. The molecule has 0 aliphatic carbocycles. The fourth-order valence-corrected chi connectivity index (χ4v) is 5.45. The Morgan fingerprint density at radius 3 is 2.63 bits per heavy atom. The minimum Gasteiger partial charge on any atom is -0.486 e. The van der Waals surface area contributed by atoms with Crippen molar-refractivity contribution in [2.24, 2.45) is 0 Å². The third-order valence-electron chi connectivity index (χ3n) is 7.35. The van der Waals surface area contributed by atoms with Crippen LogP contribution >= 0.6 is 0 Å². The minimum atomic E-state index is -0.289. The second kappa shape index (κ2) is 9.98. The number of rotatable bonds is 6. The topological polar surface area (TPSA) is 85.7 Å². The van der Waals surface area contributed by atoms with Gasteiger partial charge in [0.15, 0.2) is 11.5 Å². The predicted octanol–water partition coefficient (Wildman–Crippen LogP) is 6.10. The number of hydrogen-bond acceptors (Lipinski definition) is 5. The van der Waals surface area contributed by atoms with Crippen LogP contribution in [0.5, 0.6) is 11.5 Å². The zero-order valence-corrected chi connectivity index (χ0v) is 22.3. The lowest BCUT2D eigenvalue weighted by Gasteiger charge is -2.18. The lowest BCUT2D eigenvalue weighted by molar-refractivity contribution is -0.111. The minimum absolute atomic E-state index is 0.0152. The van der Waals surface area contributed by atoms with Gasteiger partial charge in [-0.2, -0.15) is 5.10 Å². The SMILES string of the molecule is CCN1C(=O)c2cccc3c(NC(=O)/C=C/c4cn(-c5ccccc5)nc4-c4ccc5c(c4)OCCO5)ccc1c23. The number of ether oxygens (including phenoxy) is 2. The molecule has 1 N–H and O–H groups in total. The highest BCUT2D eigenvalue weighted by atomic mass is 16.6. The van der Waals surface area contributed by atoms with Crippen molar-refractivity contribution >= 4 is 40.0 Å². The molecule has 2 aliphatic rings. The molecule has 0 atom stereocenters. The van der Waals surface area contributed by atoms with E-state index >= 15 is 0 Å². The number of carbonyl (C=O) groups is 2. The molecule has 1 aromatic heterocycles. The Morgan fingerprint density at radius 2 is 1.80 bits per heavy atom. The van der Waals surface area contributed by atoms with E-state index in [9.17, 15) is 9.59 Å². The second-order valence-corrected chi connectivity index (χ2v) is 9.80. The number of benzene rings is 4. The van der Waals surface area contributed by atoms with Gasteiger partial charge < -0.3 is 19.7 Å². The summed E-state index contributed by atoms with van der Waals surface area (Å²) >= 11 is 0. The van der Waals surface area contributed by atoms with E-state index < -0.39 is 0 Å². The Kier molecular flexibility index (Phi) is 6.00. The van der Waals surface area contributed by atoms with Crippen molar-refractivity contribution in [3.05, 3.63) is 102 Å². The molecule has 41 heavy (non-hydrogen) atoms. The highest BCUT2D eigenvalue weighted by Gasteiger charge is 2.29. The van der Waals surface area contributed by atoms with E-state index in [1.54, 1.807) is 15.7 Å². The monoisotopic (exact) mass is 542 g/mol. The number of aromatic nitrogens is 2. The molecule has 8 nitrogen and oxygen atoms in total. The quantitative estimate of drug-likeness (QED) is 0.262. The van der Waals surface area contributed by atoms with Crippen molar-refractivity contribution in [2.45, 2.75) is 6.92 Å². The van der Waals surface area contributed by atoms with Gasteiger partial charge in [0.05, 0.1) is 11.4 Å². The summed E-state index contributed by atoms with van der Waals surface area (Å²) in [5.41, 5.74) is 5.40. The number of fused-ring (bicyclic) bond motifs is 1. The van der Waals surface area contributed by atoms with E-state index in [1.165, 1.54) is 6.08 Å². The van der Waals surface area contributed by atoms with Crippen LogP contribution in [0.1, 0.15) is 22.8 Å². The first-order valence-electron chi connectivity index (χ1n) is 13.5. The average molecular weight is 543 g/mol. The fraction of sp³-hybridized carbons (Fsp3) is 0.121. The molecular formula is C33H26N4O4. The van der Waals surface area contributed by atoms with Gasteiger partial charge in [0.2, 0.25) is 5.91 Å². The van der Waals surface area contributed by atoms with Crippen LogP contribution in [-0.4, -0.2) is 41.4 Å². The summed E-state index contributed by atoms with van der Waals surface area (Å²) in [7, 11) is 0. The molecule has 202 valence electrons. The smallest absolute Gasteiger partial charge is 0.258 e. The summed E-state index contributed by atoms with van der Waals surface area (Å²) < 4.78 is 13.3. The van der Waals surface area contributed by atoms with Gasteiger partial charge in [0, 0.05) is 52.0 Å². The number of anilines is 2. The average Bonchev–Trinajstić information content (AvgIpc) is 3.57. The van der Waals surface area contributed by atoms with E-state index in [0.29, 0.717) is 48.2 Å². The fourth-order valence-electron chi connectivity index (χ4n) is 5.45. The summed E-state index contributed by atoms with van der Waals surface area (Å²) in [5.74, 6) is 1.07. The molecule has 0 bridgehead atoms. The number of hydrogen-bond donors (Lipinski definition) is 1. The van der Waals surface area contributed by atoms with E-state index in [2.05, 4.69) is 5.32 Å².